The molecule has 0 aromatic heterocycles. The molecule has 0 radical (unpaired) electrons. The molecule has 1 aliphatic rings. The number of carbonyl (C=O) groups is 1. The quantitative estimate of drug-likeness (QED) is 0.460. The number of nitrogens with zero attached hydrogens (tertiary/aromatic N) is 2. The molecular weight excluding hydrogens is 292 g/mol. The Balaban J connectivity index is 1.93. The van der Waals surface area contributed by atoms with Crippen molar-refractivity contribution in [2.75, 3.05) is 12.4 Å². The first-order chi connectivity index (χ1) is 9.70. The van der Waals surface area contributed by atoms with E-state index in [0.29, 0.717) is 10.1 Å². The molecule has 1 saturated heterocycles. The van der Waals surface area contributed by atoms with Crippen LogP contribution < -0.4 is 4.74 Å². The molecule has 0 N–H and O–H groups in total. The van der Waals surface area contributed by atoms with Gasteiger partial charge >= 0.3 is 0 Å². The van der Waals surface area contributed by atoms with E-state index in [0.717, 1.165) is 30.8 Å². The molecule has 4 nitrogen and oxygen atoms in total. The Morgan fingerprint density at radius 1 is 1.45 bits per heavy atom. The first-order valence-electron chi connectivity index (χ1n) is 6.47. The number of unbranched alkanes of at least 4 members (excludes halogenated alkanes) is 1. The van der Waals surface area contributed by atoms with E-state index in [4.69, 9.17) is 17.0 Å². The van der Waals surface area contributed by atoms with Gasteiger partial charge in [0.05, 0.1) is 18.6 Å². The lowest BCUT2D eigenvalue weighted by atomic mass is 10.2. The molecule has 0 bridgehead atoms. The second kappa shape index (κ2) is 7.40. The maximum Gasteiger partial charge on any atom is 0.259 e. The van der Waals surface area contributed by atoms with Crippen molar-refractivity contribution in [3.63, 3.8) is 0 Å². The molecule has 0 aliphatic carbocycles. The fourth-order valence-corrected chi connectivity index (χ4v) is 2.53. The van der Waals surface area contributed by atoms with Gasteiger partial charge in [-0.15, -0.1) is 0 Å². The highest BCUT2D eigenvalue weighted by atomic mass is 32.2. The van der Waals surface area contributed by atoms with Crippen LogP contribution in [-0.2, 0) is 4.79 Å². The van der Waals surface area contributed by atoms with E-state index in [-0.39, 0.29) is 5.91 Å². The van der Waals surface area contributed by atoms with E-state index < -0.39 is 0 Å². The van der Waals surface area contributed by atoms with Crippen molar-refractivity contribution < 1.29 is 9.53 Å². The summed E-state index contributed by atoms with van der Waals surface area (Å²) in [6.45, 7) is 2.86. The third-order valence-corrected chi connectivity index (χ3v) is 4.03. The molecule has 1 aromatic rings. The van der Waals surface area contributed by atoms with E-state index in [9.17, 15) is 4.79 Å². The van der Waals surface area contributed by atoms with Gasteiger partial charge in [0.15, 0.2) is 4.32 Å². The normalized spacial score (nSPS) is 15.3. The van der Waals surface area contributed by atoms with E-state index in [1.165, 1.54) is 16.8 Å². The average Bonchev–Trinajstić information content (AvgIpc) is 2.78. The fraction of sp³-hybridized carbons (Fsp3) is 0.357. The summed E-state index contributed by atoms with van der Waals surface area (Å²) >= 11 is 6.38. The number of benzene rings is 1. The van der Waals surface area contributed by atoms with Gasteiger partial charge in [0.2, 0.25) is 0 Å². The van der Waals surface area contributed by atoms with Crippen LogP contribution in [0.3, 0.4) is 0 Å². The third-order valence-electron chi connectivity index (χ3n) is 2.70. The molecule has 1 heterocycles. The fourth-order valence-electron chi connectivity index (χ4n) is 1.57. The molecule has 0 spiro atoms. The predicted octanol–water partition coefficient (Wildman–Crippen LogP) is 3.06. The maximum atomic E-state index is 11.5. The van der Waals surface area contributed by atoms with E-state index in [1.807, 2.05) is 24.3 Å². The summed E-state index contributed by atoms with van der Waals surface area (Å²) in [4.78, 5) is 11.5. The van der Waals surface area contributed by atoms with Gasteiger partial charge in [-0.3, -0.25) is 4.79 Å². The lowest BCUT2D eigenvalue weighted by Crippen LogP contribution is -2.22. The van der Waals surface area contributed by atoms with Gasteiger partial charge in [0.25, 0.3) is 5.91 Å². The second-order valence-corrected chi connectivity index (χ2v) is 5.88. The number of carbonyl (C=O) groups excluding carboxylic acids is 1. The Morgan fingerprint density at radius 3 is 2.80 bits per heavy atom. The lowest BCUT2D eigenvalue weighted by Gasteiger charge is -2.07. The van der Waals surface area contributed by atoms with Crippen molar-refractivity contribution in [3.8, 4) is 5.75 Å². The molecule has 0 unspecified atom stereocenters. The summed E-state index contributed by atoms with van der Waals surface area (Å²) in [5.74, 6) is 1.15. The zero-order chi connectivity index (χ0) is 14.4. The summed E-state index contributed by atoms with van der Waals surface area (Å²) < 4.78 is 6.09. The molecule has 1 aliphatic heterocycles. The molecule has 1 aromatic carbocycles. The highest BCUT2D eigenvalue weighted by molar-refractivity contribution is 8.23. The van der Waals surface area contributed by atoms with Gasteiger partial charge in [-0.2, -0.15) is 10.1 Å². The molecule has 1 amide bonds. The molecule has 1 fully saturated rings. The van der Waals surface area contributed by atoms with Gasteiger partial charge in [-0.25, -0.2) is 0 Å². The highest BCUT2D eigenvalue weighted by Crippen LogP contribution is 2.19. The molecule has 6 heteroatoms. The molecule has 0 saturated carbocycles. The minimum Gasteiger partial charge on any atom is -0.494 e. The van der Waals surface area contributed by atoms with E-state index in [2.05, 4.69) is 12.0 Å². The zero-order valence-corrected chi connectivity index (χ0v) is 12.9. The van der Waals surface area contributed by atoms with E-state index >= 15 is 0 Å². The van der Waals surface area contributed by atoms with Crippen molar-refractivity contribution in [1.29, 1.82) is 0 Å². The Hall–Kier alpha value is -1.40. The minimum atomic E-state index is -0.0734. The number of rotatable bonds is 6. The summed E-state index contributed by atoms with van der Waals surface area (Å²) in [5, 5.41) is 5.39. The van der Waals surface area contributed by atoms with Crippen molar-refractivity contribution in [1.82, 2.24) is 5.01 Å². The lowest BCUT2D eigenvalue weighted by molar-refractivity contribution is -0.123. The molecule has 2 rings (SSSR count). The predicted molar refractivity (Wildman–Crippen MR) is 86.3 cm³/mol. The monoisotopic (exact) mass is 308 g/mol. The van der Waals surface area contributed by atoms with Crippen molar-refractivity contribution >= 4 is 40.4 Å². The number of thiocarbonyl (C=S) groups is 1. The van der Waals surface area contributed by atoms with E-state index in [1.54, 1.807) is 6.21 Å². The first-order valence-corrected chi connectivity index (χ1v) is 7.86. The van der Waals surface area contributed by atoms with Crippen LogP contribution in [0, 0.1) is 0 Å². The third kappa shape index (κ3) is 4.05. The van der Waals surface area contributed by atoms with Crippen LogP contribution in [0.2, 0.25) is 0 Å². The topological polar surface area (TPSA) is 41.9 Å². The first kappa shape index (κ1) is 15.0. The molecule has 106 valence electrons. The standard InChI is InChI=1S/C14H16N2O2S2/c1-2-3-8-18-12-6-4-11(5-7-12)9-15-16-13(17)10-20-14(16)19/h4-7,9H,2-3,8,10H2,1H3/b15-9-. The SMILES string of the molecule is CCCCOc1ccc(/C=N\N2C(=O)CSC2=S)cc1. The Kier molecular flexibility index (Phi) is 5.55. The Morgan fingerprint density at radius 2 is 2.20 bits per heavy atom. The van der Waals surface area contributed by atoms with Crippen LogP contribution in [0.5, 0.6) is 5.75 Å². The summed E-state index contributed by atoms with van der Waals surface area (Å²) in [5.41, 5.74) is 0.903. The summed E-state index contributed by atoms with van der Waals surface area (Å²) in [6.07, 6.45) is 3.80. The van der Waals surface area contributed by atoms with Gasteiger partial charge in [-0.05, 0) is 36.2 Å². The van der Waals surface area contributed by atoms with Crippen LogP contribution in [0.1, 0.15) is 25.3 Å². The second-order valence-electron chi connectivity index (χ2n) is 4.28. The van der Waals surface area contributed by atoms with Gasteiger partial charge in [0.1, 0.15) is 5.75 Å². The van der Waals surface area contributed by atoms with Crippen molar-refractivity contribution in [2.45, 2.75) is 19.8 Å². The molecular formula is C14H16N2O2S2. The van der Waals surface area contributed by atoms with Gasteiger partial charge < -0.3 is 4.74 Å². The van der Waals surface area contributed by atoms with Crippen molar-refractivity contribution in [3.05, 3.63) is 29.8 Å². The summed E-state index contributed by atoms with van der Waals surface area (Å²) in [6, 6.07) is 7.61. The smallest absolute Gasteiger partial charge is 0.259 e. The van der Waals surface area contributed by atoms with Gasteiger partial charge in [-0.1, -0.05) is 37.3 Å². The van der Waals surface area contributed by atoms with Crippen LogP contribution in [-0.4, -0.2) is 33.8 Å². The number of amides is 1. The maximum absolute atomic E-state index is 11.5. The number of hydrogen-bond donors (Lipinski definition) is 0. The molecule has 20 heavy (non-hydrogen) atoms. The molecule has 0 atom stereocenters. The van der Waals surface area contributed by atoms with Crippen molar-refractivity contribution in [2.24, 2.45) is 5.10 Å². The van der Waals surface area contributed by atoms with Gasteiger partial charge in [0, 0.05) is 0 Å². The Bertz CT molecular complexity index is 498. The minimum absolute atomic E-state index is 0.0734. The highest BCUT2D eigenvalue weighted by Gasteiger charge is 2.25. The largest absolute Gasteiger partial charge is 0.494 e. The Labute approximate surface area is 128 Å². The summed E-state index contributed by atoms with van der Waals surface area (Å²) in [7, 11) is 0. The number of thioether (sulfide) groups is 1. The van der Waals surface area contributed by atoms with Crippen LogP contribution in [0.4, 0.5) is 0 Å². The number of ether oxygens (including phenoxy) is 1. The average molecular weight is 308 g/mol. The number of hydrogen-bond acceptors (Lipinski definition) is 5. The van der Waals surface area contributed by atoms with Crippen LogP contribution in [0.15, 0.2) is 29.4 Å². The number of hydrazone groups is 1. The van der Waals surface area contributed by atoms with Crippen LogP contribution in [0.25, 0.3) is 0 Å². The zero-order valence-electron chi connectivity index (χ0n) is 11.2. The van der Waals surface area contributed by atoms with Crippen LogP contribution >= 0.6 is 24.0 Å².